The normalized spacial score (nSPS) is 16.8. The maximum Gasteiger partial charge on any atom is 0.282 e. The number of nitrogens with one attached hydrogen (secondary N) is 1. The van der Waals surface area contributed by atoms with Crippen molar-refractivity contribution >= 4 is 22.9 Å². The maximum absolute atomic E-state index is 11.9. The van der Waals surface area contributed by atoms with Crippen LogP contribution in [0, 0.1) is 0 Å². The van der Waals surface area contributed by atoms with E-state index in [-0.39, 0.29) is 23.7 Å². The summed E-state index contributed by atoms with van der Waals surface area (Å²) in [5.74, 6) is 1.43. The van der Waals surface area contributed by atoms with E-state index in [1.165, 1.54) is 11.8 Å². The number of nitrogens with zero attached hydrogens (tertiary/aromatic N) is 2. The first-order chi connectivity index (χ1) is 9.58. The summed E-state index contributed by atoms with van der Waals surface area (Å²) >= 11 is 1.26. The summed E-state index contributed by atoms with van der Waals surface area (Å²) in [5, 5.41) is 2.84. The zero-order chi connectivity index (χ0) is 14.5. The molecule has 2 rings (SSSR count). The number of carbonyl (C=O) groups excluding carboxylic acids is 2. The van der Waals surface area contributed by atoms with E-state index in [2.05, 4.69) is 5.32 Å². The second kappa shape index (κ2) is 6.81. The number of rotatable bonds is 6. The Balaban J connectivity index is 1.83. The fraction of sp³-hybridized carbons (Fsp3) is 0.538. The number of carbonyl (C=O) groups is 2. The largest absolute Gasteiger partial charge is 0.468 e. The van der Waals surface area contributed by atoms with Crippen LogP contribution in [0.1, 0.15) is 11.8 Å². The maximum atomic E-state index is 11.9. The van der Waals surface area contributed by atoms with Crippen LogP contribution >= 0.6 is 11.8 Å². The molecule has 110 valence electrons. The fourth-order valence-electron chi connectivity index (χ4n) is 2.03. The number of amides is 2. The summed E-state index contributed by atoms with van der Waals surface area (Å²) in [4.78, 5) is 26.9. The number of likely N-dealkylation sites (N-methyl/N-ethyl adjacent to an activating group) is 1. The van der Waals surface area contributed by atoms with Gasteiger partial charge in [-0.2, -0.15) is 0 Å². The van der Waals surface area contributed by atoms with Gasteiger partial charge in [0.2, 0.25) is 5.91 Å². The molecule has 1 aromatic heterocycles. The Morgan fingerprint density at radius 1 is 1.60 bits per heavy atom. The molecule has 1 fully saturated rings. The molecule has 1 saturated heterocycles. The van der Waals surface area contributed by atoms with Gasteiger partial charge < -0.3 is 14.6 Å². The zero-order valence-electron chi connectivity index (χ0n) is 11.7. The average molecular weight is 297 g/mol. The minimum atomic E-state index is -0.140. The predicted molar refractivity (Wildman–Crippen MR) is 77.6 cm³/mol. The molecule has 0 aliphatic carbocycles. The fourth-order valence-corrected chi connectivity index (χ4v) is 2.85. The van der Waals surface area contributed by atoms with E-state index in [0.717, 1.165) is 11.5 Å². The van der Waals surface area contributed by atoms with Crippen LogP contribution in [0.5, 0.6) is 0 Å². The highest BCUT2D eigenvalue weighted by Crippen LogP contribution is 2.18. The van der Waals surface area contributed by atoms with Crippen LogP contribution in [0.25, 0.3) is 0 Å². The van der Waals surface area contributed by atoms with E-state index in [9.17, 15) is 9.59 Å². The smallest absolute Gasteiger partial charge is 0.282 e. The van der Waals surface area contributed by atoms with Gasteiger partial charge in [-0.25, -0.2) is 0 Å². The van der Waals surface area contributed by atoms with Crippen molar-refractivity contribution in [2.75, 3.05) is 39.5 Å². The third-order valence-corrected chi connectivity index (χ3v) is 4.06. The molecule has 1 aliphatic rings. The van der Waals surface area contributed by atoms with Crippen LogP contribution < -0.4 is 5.32 Å². The van der Waals surface area contributed by atoms with Crippen LogP contribution in [0.3, 0.4) is 0 Å². The topological polar surface area (TPSA) is 65.8 Å². The summed E-state index contributed by atoms with van der Waals surface area (Å²) in [6.07, 6.45) is 1.62. The van der Waals surface area contributed by atoms with Gasteiger partial charge in [-0.3, -0.25) is 14.5 Å². The molecule has 0 saturated carbocycles. The third-order valence-electron chi connectivity index (χ3n) is 3.17. The van der Waals surface area contributed by atoms with Crippen LogP contribution in [0.2, 0.25) is 0 Å². The van der Waals surface area contributed by atoms with Crippen molar-refractivity contribution in [1.82, 2.24) is 15.1 Å². The van der Waals surface area contributed by atoms with Crippen LogP contribution in [-0.4, -0.2) is 60.4 Å². The standard InChI is InChI=1S/C13H19N3O3S/c1-15(2)10(11-4-3-6-19-11)8-14-12(17)9-16-5-7-20-13(16)18/h3-4,6,10H,5,7-9H2,1-2H3,(H,14,17). The van der Waals surface area contributed by atoms with Gasteiger partial charge in [0, 0.05) is 18.8 Å². The third kappa shape index (κ3) is 3.77. The lowest BCUT2D eigenvalue weighted by atomic mass is 10.2. The molecule has 0 spiro atoms. The van der Waals surface area contributed by atoms with Crippen molar-refractivity contribution in [3.8, 4) is 0 Å². The van der Waals surface area contributed by atoms with Gasteiger partial charge in [0.15, 0.2) is 0 Å². The lowest BCUT2D eigenvalue weighted by Crippen LogP contribution is -2.40. The average Bonchev–Trinajstić information content (AvgIpc) is 3.02. The first-order valence-corrected chi connectivity index (χ1v) is 7.44. The van der Waals surface area contributed by atoms with E-state index in [1.807, 2.05) is 31.1 Å². The molecule has 6 nitrogen and oxygen atoms in total. The molecule has 0 bridgehead atoms. The van der Waals surface area contributed by atoms with Crippen molar-refractivity contribution in [2.24, 2.45) is 0 Å². The highest BCUT2D eigenvalue weighted by atomic mass is 32.2. The Morgan fingerprint density at radius 3 is 2.95 bits per heavy atom. The van der Waals surface area contributed by atoms with Crippen molar-refractivity contribution in [3.05, 3.63) is 24.2 Å². The van der Waals surface area contributed by atoms with Crippen LogP contribution in [-0.2, 0) is 4.79 Å². The first kappa shape index (κ1) is 14.9. The van der Waals surface area contributed by atoms with Crippen molar-refractivity contribution in [2.45, 2.75) is 6.04 Å². The van der Waals surface area contributed by atoms with Crippen molar-refractivity contribution < 1.29 is 14.0 Å². The Labute approximate surface area is 122 Å². The molecule has 7 heteroatoms. The van der Waals surface area contributed by atoms with E-state index >= 15 is 0 Å². The molecule has 1 atom stereocenters. The Morgan fingerprint density at radius 2 is 2.40 bits per heavy atom. The lowest BCUT2D eigenvalue weighted by Gasteiger charge is -2.23. The molecule has 2 heterocycles. The van der Waals surface area contributed by atoms with Gasteiger partial charge in [0.1, 0.15) is 12.3 Å². The lowest BCUT2D eigenvalue weighted by molar-refractivity contribution is -0.121. The van der Waals surface area contributed by atoms with Gasteiger partial charge in [0.25, 0.3) is 5.24 Å². The van der Waals surface area contributed by atoms with Gasteiger partial charge in [-0.15, -0.1) is 0 Å². The minimum Gasteiger partial charge on any atom is -0.468 e. The predicted octanol–water partition coefficient (Wildman–Crippen LogP) is 1.17. The summed E-state index contributed by atoms with van der Waals surface area (Å²) in [6.45, 7) is 1.23. The Hall–Kier alpha value is -1.47. The number of hydrogen-bond acceptors (Lipinski definition) is 5. The highest BCUT2D eigenvalue weighted by Gasteiger charge is 2.24. The minimum absolute atomic E-state index is 0.0161. The van der Waals surface area contributed by atoms with Gasteiger partial charge in [-0.05, 0) is 26.2 Å². The van der Waals surface area contributed by atoms with Crippen molar-refractivity contribution in [3.63, 3.8) is 0 Å². The van der Waals surface area contributed by atoms with Crippen LogP contribution in [0.15, 0.2) is 22.8 Å². The van der Waals surface area contributed by atoms with E-state index < -0.39 is 0 Å². The summed E-state index contributed by atoms with van der Waals surface area (Å²) in [5.41, 5.74) is 0. The van der Waals surface area contributed by atoms with E-state index in [4.69, 9.17) is 4.42 Å². The van der Waals surface area contributed by atoms with Crippen molar-refractivity contribution in [1.29, 1.82) is 0 Å². The summed E-state index contributed by atoms with van der Waals surface area (Å²) < 4.78 is 5.38. The highest BCUT2D eigenvalue weighted by molar-refractivity contribution is 8.13. The first-order valence-electron chi connectivity index (χ1n) is 6.46. The van der Waals surface area contributed by atoms with Gasteiger partial charge in [-0.1, -0.05) is 11.8 Å². The number of thioether (sulfide) groups is 1. The zero-order valence-corrected chi connectivity index (χ0v) is 12.5. The quantitative estimate of drug-likeness (QED) is 0.854. The molecule has 0 radical (unpaired) electrons. The van der Waals surface area contributed by atoms with E-state index in [1.54, 1.807) is 11.2 Å². The SMILES string of the molecule is CN(C)C(CNC(=O)CN1CCSC1=O)c1ccco1. The second-order valence-electron chi connectivity index (χ2n) is 4.83. The number of furan rings is 1. The Kier molecular flexibility index (Phi) is 5.08. The molecule has 1 unspecified atom stereocenters. The van der Waals surface area contributed by atoms with Gasteiger partial charge in [0.05, 0.1) is 12.3 Å². The number of hydrogen-bond donors (Lipinski definition) is 1. The summed E-state index contributed by atoms with van der Waals surface area (Å²) in [6, 6.07) is 3.70. The van der Waals surface area contributed by atoms with E-state index in [0.29, 0.717) is 13.1 Å². The molecule has 2 amide bonds. The van der Waals surface area contributed by atoms with Gasteiger partial charge >= 0.3 is 0 Å². The second-order valence-corrected chi connectivity index (χ2v) is 5.88. The monoisotopic (exact) mass is 297 g/mol. The Bertz CT molecular complexity index is 461. The molecule has 20 heavy (non-hydrogen) atoms. The molecular formula is C13H19N3O3S. The molecule has 1 N–H and O–H groups in total. The molecular weight excluding hydrogens is 278 g/mol. The van der Waals surface area contributed by atoms with Crippen LogP contribution in [0.4, 0.5) is 4.79 Å². The molecule has 0 aromatic carbocycles. The molecule has 1 aliphatic heterocycles. The summed E-state index contributed by atoms with van der Waals surface area (Å²) in [7, 11) is 3.86. The molecule has 1 aromatic rings.